The molecule has 0 saturated heterocycles. The van der Waals surface area contributed by atoms with E-state index in [0.29, 0.717) is 10.8 Å². The predicted octanol–water partition coefficient (Wildman–Crippen LogP) is 4.53. The lowest BCUT2D eigenvalue weighted by Gasteiger charge is -2.31. The molecule has 5 heteroatoms. The van der Waals surface area contributed by atoms with Gasteiger partial charge in [-0.05, 0) is 23.8 Å². The van der Waals surface area contributed by atoms with E-state index in [1.54, 1.807) is 12.4 Å². The van der Waals surface area contributed by atoms with Crippen molar-refractivity contribution >= 4 is 28.3 Å². The molecule has 0 spiro atoms. The van der Waals surface area contributed by atoms with E-state index < -0.39 is 5.92 Å². The van der Waals surface area contributed by atoms with Gasteiger partial charge in [0.25, 0.3) is 0 Å². The smallest absolute Gasteiger partial charge is 0.205 e. The van der Waals surface area contributed by atoms with E-state index >= 15 is 0 Å². The Kier molecular flexibility index (Phi) is 3.44. The second kappa shape index (κ2) is 5.63. The molecule has 0 bridgehead atoms. The van der Waals surface area contributed by atoms with Crippen molar-refractivity contribution in [3.8, 4) is 11.8 Å². The van der Waals surface area contributed by atoms with E-state index in [1.807, 2.05) is 42.5 Å². The van der Waals surface area contributed by atoms with Crippen molar-refractivity contribution in [2.24, 2.45) is 5.92 Å². The zero-order valence-electron chi connectivity index (χ0n) is 12.5. The predicted molar refractivity (Wildman–Crippen MR) is 92.5 cm³/mol. The minimum Gasteiger partial charge on any atom is -0.441 e. The van der Waals surface area contributed by atoms with E-state index in [4.69, 9.17) is 21.7 Å². The highest BCUT2D eigenvalue weighted by Gasteiger charge is 2.38. The zero-order chi connectivity index (χ0) is 16.7. The molecule has 2 aromatic carbocycles. The van der Waals surface area contributed by atoms with Crippen LogP contribution >= 0.6 is 11.6 Å². The van der Waals surface area contributed by atoms with Crippen LogP contribution < -0.4 is 4.74 Å². The fourth-order valence-electron chi connectivity index (χ4n) is 3.25. The molecule has 24 heavy (non-hydrogen) atoms. The van der Waals surface area contributed by atoms with Gasteiger partial charge in [-0.2, -0.15) is 5.26 Å². The normalized spacial score (nSPS) is 19.4. The fourth-order valence-corrected chi connectivity index (χ4v) is 3.53. The van der Waals surface area contributed by atoms with Crippen LogP contribution in [0.2, 0.25) is 5.02 Å². The molecule has 2 unspecified atom stereocenters. The largest absolute Gasteiger partial charge is 0.441 e. The van der Waals surface area contributed by atoms with E-state index in [-0.39, 0.29) is 11.8 Å². The van der Waals surface area contributed by atoms with Crippen molar-refractivity contribution in [1.29, 1.82) is 10.7 Å². The number of halogens is 1. The summed E-state index contributed by atoms with van der Waals surface area (Å²) >= 11 is 6.47. The van der Waals surface area contributed by atoms with Crippen LogP contribution in [-0.2, 0) is 0 Å². The third-order valence-electron chi connectivity index (χ3n) is 4.34. The Bertz CT molecular complexity index is 995. The summed E-state index contributed by atoms with van der Waals surface area (Å²) in [7, 11) is 0. The number of nitrogens with one attached hydrogen (secondary N) is 1. The lowest BCUT2D eigenvalue weighted by molar-refractivity contribution is 0.455. The average Bonchev–Trinajstić information content (AvgIpc) is 2.62. The molecule has 1 aromatic heterocycles. The highest BCUT2D eigenvalue weighted by Crippen LogP contribution is 2.47. The quantitative estimate of drug-likeness (QED) is 0.711. The highest BCUT2D eigenvalue weighted by atomic mass is 35.5. The zero-order valence-corrected chi connectivity index (χ0v) is 13.3. The van der Waals surface area contributed by atoms with Crippen molar-refractivity contribution in [3.05, 3.63) is 71.0 Å². The van der Waals surface area contributed by atoms with Gasteiger partial charge in [-0.3, -0.25) is 10.4 Å². The molecule has 0 amide bonds. The summed E-state index contributed by atoms with van der Waals surface area (Å²) in [4.78, 5) is 4.04. The Balaban J connectivity index is 2.05. The summed E-state index contributed by atoms with van der Waals surface area (Å²) in [6.07, 6.45) is 3.37. The number of hydrogen-bond acceptors (Lipinski definition) is 4. The molecule has 1 aliphatic rings. The Morgan fingerprint density at radius 2 is 1.83 bits per heavy atom. The van der Waals surface area contributed by atoms with Crippen LogP contribution in [0.3, 0.4) is 0 Å². The molecule has 1 aliphatic heterocycles. The molecule has 4 nitrogen and oxygen atoms in total. The van der Waals surface area contributed by atoms with Gasteiger partial charge in [0.15, 0.2) is 0 Å². The Morgan fingerprint density at radius 3 is 2.54 bits per heavy atom. The third kappa shape index (κ3) is 2.14. The number of aromatic nitrogens is 1. The maximum atomic E-state index is 9.58. The number of rotatable bonds is 1. The van der Waals surface area contributed by atoms with Crippen LogP contribution in [0.5, 0.6) is 5.75 Å². The average molecular weight is 334 g/mol. The molecule has 2 atom stereocenters. The molecule has 116 valence electrons. The molecular weight excluding hydrogens is 322 g/mol. The van der Waals surface area contributed by atoms with Gasteiger partial charge in [-0.1, -0.05) is 35.9 Å². The van der Waals surface area contributed by atoms with E-state index in [1.165, 1.54) is 0 Å². The summed E-state index contributed by atoms with van der Waals surface area (Å²) in [6.45, 7) is 0. The summed E-state index contributed by atoms with van der Waals surface area (Å²) in [5.74, 6) is -0.443. The molecule has 4 rings (SSSR count). The molecule has 0 radical (unpaired) electrons. The van der Waals surface area contributed by atoms with Crippen molar-refractivity contribution < 1.29 is 4.74 Å². The number of pyridine rings is 1. The van der Waals surface area contributed by atoms with E-state index in [9.17, 15) is 5.26 Å². The standard InChI is InChI=1S/C19H12ClN3O/c20-16-9-14-17(11-5-7-23-8-6-11)15(10-21)19(22)24-18(14)13-4-2-1-3-12(13)16/h1-9,15,17,22H. The first-order valence-corrected chi connectivity index (χ1v) is 7.85. The van der Waals surface area contributed by atoms with Crippen LogP contribution in [-0.4, -0.2) is 10.9 Å². The van der Waals surface area contributed by atoms with Crippen LogP contribution in [0.15, 0.2) is 54.9 Å². The second-order valence-electron chi connectivity index (χ2n) is 5.65. The number of fused-ring (bicyclic) bond motifs is 3. The van der Waals surface area contributed by atoms with Gasteiger partial charge in [0, 0.05) is 39.7 Å². The molecule has 0 fully saturated rings. The summed E-state index contributed by atoms with van der Waals surface area (Å²) < 4.78 is 5.74. The Labute approximate surface area is 143 Å². The number of ether oxygens (including phenoxy) is 1. The molecular formula is C19H12ClN3O. The van der Waals surface area contributed by atoms with Gasteiger partial charge in [0.1, 0.15) is 11.7 Å². The van der Waals surface area contributed by atoms with Crippen molar-refractivity contribution in [2.75, 3.05) is 0 Å². The highest BCUT2D eigenvalue weighted by molar-refractivity contribution is 6.36. The second-order valence-corrected chi connectivity index (χ2v) is 6.06. The Hall–Kier alpha value is -2.90. The first-order chi connectivity index (χ1) is 11.7. The minimum atomic E-state index is -0.697. The lowest BCUT2D eigenvalue weighted by Crippen LogP contribution is -2.31. The molecule has 0 aliphatic carbocycles. The topological polar surface area (TPSA) is 69.8 Å². The summed E-state index contributed by atoms with van der Waals surface area (Å²) in [5, 5.41) is 20.1. The first kappa shape index (κ1) is 14.7. The van der Waals surface area contributed by atoms with Gasteiger partial charge in [0.05, 0.1) is 6.07 Å². The summed E-state index contributed by atoms with van der Waals surface area (Å²) in [6, 6.07) is 15.4. The number of nitrogens with zero attached hydrogens (tertiary/aromatic N) is 2. The van der Waals surface area contributed by atoms with Gasteiger partial charge in [-0.15, -0.1) is 0 Å². The SMILES string of the molecule is N#CC1C(=N)Oc2c(cc(Cl)c3ccccc23)C1c1ccncc1. The monoisotopic (exact) mass is 333 g/mol. The third-order valence-corrected chi connectivity index (χ3v) is 4.65. The number of hydrogen-bond donors (Lipinski definition) is 1. The first-order valence-electron chi connectivity index (χ1n) is 7.47. The van der Waals surface area contributed by atoms with Crippen molar-refractivity contribution in [1.82, 2.24) is 4.98 Å². The van der Waals surface area contributed by atoms with Crippen molar-refractivity contribution in [2.45, 2.75) is 5.92 Å². The van der Waals surface area contributed by atoms with Gasteiger partial charge in [-0.25, -0.2) is 0 Å². The Morgan fingerprint density at radius 1 is 1.12 bits per heavy atom. The maximum Gasteiger partial charge on any atom is 0.205 e. The molecule has 1 N–H and O–H groups in total. The van der Waals surface area contributed by atoms with E-state index in [2.05, 4.69) is 11.1 Å². The minimum absolute atomic E-state index is 0.0423. The summed E-state index contributed by atoms with van der Waals surface area (Å²) in [5.41, 5.74) is 1.74. The molecule has 0 saturated carbocycles. The van der Waals surface area contributed by atoms with Crippen LogP contribution in [0, 0.1) is 22.7 Å². The van der Waals surface area contributed by atoms with Gasteiger partial charge in [0.2, 0.25) is 5.90 Å². The number of nitriles is 1. The molecule has 2 heterocycles. The fraction of sp³-hybridized carbons (Fsp3) is 0.105. The van der Waals surface area contributed by atoms with Gasteiger partial charge < -0.3 is 4.74 Å². The van der Waals surface area contributed by atoms with Crippen molar-refractivity contribution in [3.63, 3.8) is 0 Å². The van der Waals surface area contributed by atoms with Gasteiger partial charge >= 0.3 is 0 Å². The molecule has 3 aromatic rings. The van der Waals surface area contributed by atoms with Crippen LogP contribution in [0.1, 0.15) is 17.0 Å². The lowest BCUT2D eigenvalue weighted by atomic mass is 9.78. The number of benzene rings is 2. The van der Waals surface area contributed by atoms with Crippen LogP contribution in [0.25, 0.3) is 10.8 Å². The maximum absolute atomic E-state index is 9.58. The van der Waals surface area contributed by atoms with Crippen LogP contribution in [0.4, 0.5) is 0 Å². The van der Waals surface area contributed by atoms with E-state index in [0.717, 1.165) is 21.9 Å².